The number of amides is 3. The van der Waals surface area contributed by atoms with E-state index in [0.29, 0.717) is 24.9 Å². The van der Waals surface area contributed by atoms with Crippen molar-refractivity contribution in [1.82, 2.24) is 15.5 Å². The molecule has 1 aromatic rings. The number of guanidine groups is 2. The van der Waals surface area contributed by atoms with Crippen molar-refractivity contribution >= 4 is 29.6 Å². The molecule has 1 aliphatic rings. The number of nitrogens with one attached hydrogen (secondary N) is 2. The van der Waals surface area contributed by atoms with Gasteiger partial charge in [-0.3, -0.25) is 30.0 Å². The number of rotatable bonds is 8. The number of likely N-dealkylation sites (N-methyl/N-ethyl adjacent to an activating group) is 1. The molecule has 0 bridgehead atoms. The van der Waals surface area contributed by atoms with Crippen LogP contribution < -0.4 is 27.8 Å². The summed E-state index contributed by atoms with van der Waals surface area (Å²) >= 11 is 0. The van der Waals surface area contributed by atoms with Gasteiger partial charge >= 0.3 is 0 Å². The minimum absolute atomic E-state index is 0.0163. The van der Waals surface area contributed by atoms with Crippen LogP contribution in [0.15, 0.2) is 40.3 Å². The summed E-state index contributed by atoms with van der Waals surface area (Å²) < 4.78 is 0. The van der Waals surface area contributed by atoms with E-state index in [2.05, 4.69) is 20.6 Å². The molecular formula is C19H28N8O3. The fourth-order valence-electron chi connectivity index (χ4n) is 2.84. The lowest BCUT2D eigenvalue weighted by Gasteiger charge is -2.30. The van der Waals surface area contributed by atoms with Crippen molar-refractivity contribution in [2.45, 2.75) is 31.3 Å². The van der Waals surface area contributed by atoms with E-state index in [1.54, 1.807) is 30.3 Å². The molecule has 8 N–H and O–H groups in total. The zero-order chi connectivity index (χ0) is 22.1. The summed E-state index contributed by atoms with van der Waals surface area (Å²) in [7, 11) is 1.53. The van der Waals surface area contributed by atoms with Crippen LogP contribution in [0, 0.1) is 0 Å². The molecule has 11 heteroatoms. The number of benzene rings is 1. The molecule has 0 saturated heterocycles. The van der Waals surface area contributed by atoms with Gasteiger partial charge in [0.15, 0.2) is 5.96 Å². The number of hydrogen-bond donors (Lipinski definition) is 5. The van der Waals surface area contributed by atoms with E-state index in [0.717, 1.165) is 0 Å². The lowest BCUT2D eigenvalue weighted by atomic mass is 10.1. The molecule has 1 unspecified atom stereocenters. The summed E-state index contributed by atoms with van der Waals surface area (Å²) in [6.45, 7) is 0.482. The molecule has 0 saturated carbocycles. The molecule has 2 atom stereocenters. The summed E-state index contributed by atoms with van der Waals surface area (Å²) in [5.74, 6) is -1.00. The second-order valence-corrected chi connectivity index (χ2v) is 6.93. The normalized spacial score (nSPS) is 16.7. The van der Waals surface area contributed by atoms with Crippen LogP contribution in [0.5, 0.6) is 0 Å². The maximum Gasteiger partial charge on any atom is 0.257 e. The second-order valence-electron chi connectivity index (χ2n) is 6.93. The number of aliphatic imine (C=N–C) groups is 2. The van der Waals surface area contributed by atoms with Gasteiger partial charge < -0.3 is 22.1 Å². The first-order valence-electron chi connectivity index (χ1n) is 9.56. The van der Waals surface area contributed by atoms with Crippen LogP contribution in [-0.4, -0.2) is 66.8 Å². The third-order valence-corrected chi connectivity index (χ3v) is 4.56. The number of hydrogen-bond acceptors (Lipinski definition) is 6. The summed E-state index contributed by atoms with van der Waals surface area (Å²) in [6.07, 6.45) is 1.30. The van der Waals surface area contributed by atoms with Gasteiger partial charge in [-0.05, 0) is 25.0 Å². The van der Waals surface area contributed by atoms with Crippen LogP contribution in [0.3, 0.4) is 0 Å². The molecule has 0 aromatic heterocycles. The number of nitrogens with zero attached hydrogens (tertiary/aromatic N) is 3. The Balaban J connectivity index is 1.84. The molecule has 11 nitrogen and oxygen atoms in total. The van der Waals surface area contributed by atoms with Gasteiger partial charge in [0.1, 0.15) is 6.04 Å². The fourth-order valence-corrected chi connectivity index (χ4v) is 2.84. The smallest absolute Gasteiger partial charge is 0.257 e. The van der Waals surface area contributed by atoms with E-state index in [-0.39, 0.29) is 42.7 Å². The van der Waals surface area contributed by atoms with Gasteiger partial charge in [-0.2, -0.15) is 0 Å². The van der Waals surface area contributed by atoms with Crippen molar-refractivity contribution in [3.63, 3.8) is 0 Å². The molecule has 2 rings (SSSR count). The Bertz CT molecular complexity index is 820. The van der Waals surface area contributed by atoms with Crippen molar-refractivity contribution in [1.29, 1.82) is 0 Å². The van der Waals surface area contributed by atoms with E-state index >= 15 is 0 Å². The topological polar surface area (TPSA) is 181 Å². The number of carbonyl (C=O) groups is 3. The minimum Gasteiger partial charge on any atom is -0.370 e. The fraction of sp³-hybridized carbons (Fsp3) is 0.421. The molecule has 0 spiro atoms. The van der Waals surface area contributed by atoms with E-state index in [1.807, 2.05) is 0 Å². The third kappa shape index (κ3) is 6.85. The molecule has 0 aliphatic carbocycles. The quantitative estimate of drug-likeness (QED) is 0.195. The first-order valence-corrected chi connectivity index (χ1v) is 9.56. The standard InChI is InChI=1S/C19H28N8O3/c1-27(15(28)10-13(20)8-5-9-23-18(21)22)14-11-24-19(26-17(14)30)25-16(29)12-6-3-2-4-7-12/h2-4,6-7,13-14H,5,8-11,20H2,1H3,(H4,21,22,23)(H2,24,25,26,29,30)/t13-,14?/m0/s1. The molecule has 162 valence electrons. The van der Waals surface area contributed by atoms with E-state index < -0.39 is 11.9 Å². The molecule has 1 heterocycles. The SMILES string of the molecule is CN(C(=O)C[C@@H](N)CCCN=C(N)N)C1CN=C(NC(=O)c2ccccc2)NC1=O. The average molecular weight is 416 g/mol. The van der Waals surface area contributed by atoms with E-state index in [4.69, 9.17) is 17.2 Å². The van der Waals surface area contributed by atoms with Gasteiger partial charge in [0.25, 0.3) is 11.8 Å². The van der Waals surface area contributed by atoms with Crippen molar-refractivity contribution < 1.29 is 14.4 Å². The number of nitrogens with two attached hydrogens (primary N) is 3. The van der Waals surface area contributed by atoms with Crippen LogP contribution >= 0.6 is 0 Å². The highest BCUT2D eigenvalue weighted by Gasteiger charge is 2.31. The van der Waals surface area contributed by atoms with Gasteiger partial charge in [0.2, 0.25) is 11.9 Å². The predicted molar refractivity (Wildman–Crippen MR) is 113 cm³/mol. The Hall–Kier alpha value is -3.47. The maximum absolute atomic E-state index is 12.5. The van der Waals surface area contributed by atoms with Crippen molar-refractivity contribution in [2.75, 3.05) is 20.1 Å². The zero-order valence-electron chi connectivity index (χ0n) is 16.9. The zero-order valence-corrected chi connectivity index (χ0v) is 16.9. The average Bonchev–Trinajstić information content (AvgIpc) is 2.71. The Morgan fingerprint density at radius 3 is 2.67 bits per heavy atom. The molecule has 1 aliphatic heterocycles. The lowest BCUT2D eigenvalue weighted by molar-refractivity contribution is -0.138. The highest BCUT2D eigenvalue weighted by Crippen LogP contribution is 2.08. The Morgan fingerprint density at radius 2 is 2.03 bits per heavy atom. The number of carbonyl (C=O) groups excluding carboxylic acids is 3. The summed E-state index contributed by atoms with van der Waals surface area (Å²) in [5.41, 5.74) is 16.9. The van der Waals surface area contributed by atoms with E-state index in [1.165, 1.54) is 11.9 Å². The highest BCUT2D eigenvalue weighted by molar-refractivity contribution is 6.11. The first-order chi connectivity index (χ1) is 14.3. The van der Waals surface area contributed by atoms with Gasteiger partial charge in [-0.15, -0.1) is 0 Å². The first kappa shape index (κ1) is 22.8. The van der Waals surface area contributed by atoms with Crippen molar-refractivity contribution in [2.24, 2.45) is 27.2 Å². The Labute approximate surface area is 174 Å². The Kier molecular flexibility index (Phi) is 8.29. The predicted octanol–water partition coefficient (Wildman–Crippen LogP) is -1.50. The summed E-state index contributed by atoms with van der Waals surface area (Å²) in [4.78, 5) is 46.4. The van der Waals surface area contributed by atoms with Crippen LogP contribution in [0.1, 0.15) is 29.6 Å². The lowest BCUT2D eigenvalue weighted by Crippen LogP contribution is -2.57. The van der Waals surface area contributed by atoms with Crippen LogP contribution in [-0.2, 0) is 9.59 Å². The molecule has 30 heavy (non-hydrogen) atoms. The monoisotopic (exact) mass is 416 g/mol. The molecule has 3 amide bonds. The van der Waals surface area contributed by atoms with Gasteiger partial charge in [0.05, 0.1) is 6.54 Å². The third-order valence-electron chi connectivity index (χ3n) is 4.56. The molecular weight excluding hydrogens is 388 g/mol. The second kappa shape index (κ2) is 10.9. The Morgan fingerprint density at radius 1 is 1.33 bits per heavy atom. The van der Waals surface area contributed by atoms with Crippen LogP contribution in [0.25, 0.3) is 0 Å². The van der Waals surface area contributed by atoms with Crippen molar-refractivity contribution in [3.05, 3.63) is 35.9 Å². The van der Waals surface area contributed by atoms with Crippen LogP contribution in [0.4, 0.5) is 0 Å². The highest BCUT2D eigenvalue weighted by atomic mass is 16.2. The molecule has 1 aromatic carbocycles. The van der Waals surface area contributed by atoms with Gasteiger partial charge in [-0.1, -0.05) is 18.2 Å². The van der Waals surface area contributed by atoms with Gasteiger partial charge in [0, 0.05) is 31.6 Å². The summed E-state index contributed by atoms with van der Waals surface area (Å²) in [6, 6.07) is 7.42. The summed E-state index contributed by atoms with van der Waals surface area (Å²) in [5, 5.41) is 5.07. The molecule has 0 radical (unpaired) electrons. The van der Waals surface area contributed by atoms with Crippen LogP contribution in [0.2, 0.25) is 0 Å². The van der Waals surface area contributed by atoms with Crippen molar-refractivity contribution in [3.8, 4) is 0 Å². The van der Waals surface area contributed by atoms with E-state index in [9.17, 15) is 14.4 Å². The maximum atomic E-state index is 12.5. The minimum atomic E-state index is -0.774. The largest absolute Gasteiger partial charge is 0.370 e. The van der Waals surface area contributed by atoms with Gasteiger partial charge in [-0.25, -0.2) is 4.99 Å². The molecule has 0 fully saturated rings.